The lowest BCUT2D eigenvalue weighted by Gasteiger charge is -2.15. The van der Waals surface area contributed by atoms with Crippen LogP contribution in [0.1, 0.15) is 19.3 Å². The first-order valence-corrected chi connectivity index (χ1v) is 12.0. The summed E-state index contributed by atoms with van der Waals surface area (Å²) in [5.74, 6) is 0.00500. The fraction of sp³-hybridized carbons (Fsp3) is 0.231. The van der Waals surface area contributed by atoms with Crippen LogP contribution in [0.25, 0.3) is 42.7 Å². The zero-order valence-electron chi connectivity index (χ0n) is 20.0. The normalized spacial score (nSPS) is 13.2. The van der Waals surface area contributed by atoms with Crippen molar-refractivity contribution < 1.29 is 4.79 Å². The molecule has 11 nitrogen and oxygen atoms in total. The minimum atomic E-state index is 0.00500. The summed E-state index contributed by atoms with van der Waals surface area (Å²) in [6.45, 7) is 2.94. The van der Waals surface area contributed by atoms with Crippen molar-refractivity contribution in [3.8, 4) is 0 Å². The fourth-order valence-corrected chi connectivity index (χ4v) is 4.56. The molecule has 11 heteroatoms. The maximum Gasteiger partial charge on any atom is 0.225 e. The molecule has 0 atom stereocenters. The third-order valence-electron chi connectivity index (χ3n) is 6.35. The molecule has 1 aliphatic heterocycles. The maximum atomic E-state index is 12.4. The van der Waals surface area contributed by atoms with Gasteiger partial charge in [-0.25, -0.2) is 4.98 Å². The first-order valence-electron chi connectivity index (χ1n) is 12.0. The van der Waals surface area contributed by atoms with Crippen LogP contribution in [0.3, 0.4) is 0 Å². The van der Waals surface area contributed by atoms with E-state index in [1.807, 2.05) is 36.4 Å². The van der Waals surface area contributed by atoms with Gasteiger partial charge in [0.15, 0.2) is 0 Å². The molecule has 0 aliphatic carbocycles. The lowest BCUT2D eigenvalue weighted by Crippen LogP contribution is -2.25. The first-order chi connectivity index (χ1) is 18.1. The van der Waals surface area contributed by atoms with Gasteiger partial charge in [-0.3, -0.25) is 4.79 Å². The van der Waals surface area contributed by atoms with Crippen molar-refractivity contribution >= 4 is 56.1 Å². The molecule has 1 aliphatic rings. The number of hydrogen-bond donors (Lipinski definition) is 2. The van der Waals surface area contributed by atoms with Gasteiger partial charge in [0, 0.05) is 56.3 Å². The van der Waals surface area contributed by atoms with Gasteiger partial charge in [0.25, 0.3) is 0 Å². The van der Waals surface area contributed by atoms with E-state index in [9.17, 15) is 4.79 Å². The van der Waals surface area contributed by atoms with Gasteiger partial charge in [-0.05, 0) is 73.4 Å². The number of amides is 1. The third-order valence-corrected chi connectivity index (χ3v) is 6.35. The highest BCUT2D eigenvalue weighted by molar-refractivity contribution is 6.09. The molecule has 184 valence electrons. The molecule has 0 saturated carbocycles. The molecule has 0 bridgehead atoms. The summed E-state index contributed by atoms with van der Waals surface area (Å²) in [6.07, 6.45) is 2.90. The van der Waals surface area contributed by atoms with Crippen LogP contribution in [0.4, 0.5) is 28.4 Å². The predicted molar refractivity (Wildman–Crippen MR) is 146 cm³/mol. The molecule has 3 aromatic carbocycles. The Morgan fingerprint density at radius 1 is 0.865 bits per heavy atom. The molecule has 1 amide bonds. The predicted octanol–water partition coefficient (Wildman–Crippen LogP) is 7.44. The Bertz CT molecular complexity index is 1490. The molecule has 1 fully saturated rings. The van der Waals surface area contributed by atoms with Gasteiger partial charge in [0.1, 0.15) is 0 Å². The van der Waals surface area contributed by atoms with Crippen LogP contribution in [0.15, 0.2) is 70.9 Å². The number of nitrogens with one attached hydrogen (secondary N) is 2. The van der Waals surface area contributed by atoms with Crippen LogP contribution in [-0.2, 0) is 4.79 Å². The number of anilines is 3. The number of azide groups is 2. The van der Waals surface area contributed by atoms with Gasteiger partial charge < -0.3 is 15.5 Å². The molecule has 4 aromatic rings. The second-order valence-electron chi connectivity index (χ2n) is 8.82. The van der Waals surface area contributed by atoms with E-state index in [0.29, 0.717) is 28.8 Å². The van der Waals surface area contributed by atoms with E-state index in [4.69, 9.17) is 16.0 Å². The van der Waals surface area contributed by atoms with E-state index in [1.54, 1.807) is 24.3 Å². The number of benzene rings is 3. The zero-order valence-corrected chi connectivity index (χ0v) is 20.0. The number of hydrogen-bond acceptors (Lipinski definition) is 6. The van der Waals surface area contributed by atoms with E-state index in [2.05, 4.69) is 35.6 Å². The number of pyridine rings is 1. The number of carbonyl (C=O) groups excluding carboxylic acids is 1. The van der Waals surface area contributed by atoms with Crippen LogP contribution in [0.5, 0.6) is 0 Å². The van der Waals surface area contributed by atoms with Gasteiger partial charge in [0.2, 0.25) is 5.91 Å². The van der Waals surface area contributed by atoms with E-state index < -0.39 is 0 Å². The largest absolute Gasteiger partial charge is 0.354 e. The van der Waals surface area contributed by atoms with Gasteiger partial charge in [-0.1, -0.05) is 34.5 Å². The lowest BCUT2D eigenvalue weighted by molar-refractivity contribution is -0.116. The van der Waals surface area contributed by atoms with Crippen molar-refractivity contribution in [1.82, 2.24) is 9.88 Å². The SMILES string of the molecule is [N-]=[N+]=Nc1ccc2c(Nc3ccc(NC(=O)CCN4CCCC4)cc3)c3ccc(N=[N+]=[N-])cc3nc2c1. The van der Waals surface area contributed by atoms with Gasteiger partial charge >= 0.3 is 0 Å². The summed E-state index contributed by atoms with van der Waals surface area (Å²) in [7, 11) is 0. The standard InChI is InChI=1S/C26H24N10O/c27-34-32-19-7-9-21-23(15-19)31-24-16-20(33-35-28)8-10-22(24)26(21)30-18-5-3-17(4-6-18)29-25(37)11-14-36-12-1-2-13-36/h3-10,15-16H,1-2,11-14H2,(H,29,37)(H,30,31). The van der Waals surface area contributed by atoms with Crippen molar-refractivity contribution in [3.05, 3.63) is 81.5 Å². The Morgan fingerprint density at radius 3 is 2.00 bits per heavy atom. The van der Waals surface area contributed by atoms with Gasteiger partial charge in [-0.2, -0.15) is 0 Å². The average Bonchev–Trinajstić information content (AvgIpc) is 3.42. The summed E-state index contributed by atoms with van der Waals surface area (Å²) in [5.41, 5.74) is 22.1. The molecular formula is C26H24N10O. The van der Waals surface area contributed by atoms with Crippen LogP contribution in [-0.4, -0.2) is 35.4 Å². The molecule has 0 spiro atoms. The minimum Gasteiger partial charge on any atom is -0.354 e. The second kappa shape index (κ2) is 10.8. The van der Waals surface area contributed by atoms with Crippen LogP contribution in [0, 0.1) is 0 Å². The minimum absolute atomic E-state index is 0.00500. The fourth-order valence-electron chi connectivity index (χ4n) is 4.56. The molecule has 1 saturated heterocycles. The van der Waals surface area contributed by atoms with E-state index in [1.165, 1.54) is 12.8 Å². The van der Waals surface area contributed by atoms with Gasteiger partial charge in [0.05, 0.1) is 16.7 Å². The highest BCUT2D eigenvalue weighted by Crippen LogP contribution is 2.36. The summed E-state index contributed by atoms with van der Waals surface area (Å²) in [6, 6.07) is 18.1. The van der Waals surface area contributed by atoms with Crippen molar-refractivity contribution in [1.29, 1.82) is 0 Å². The lowest BCUT2D eigenvalue weighted by atomic mass is 10.1. The Labute approximate surface area is 212 Å². The Hall–Kier alpha value is -4.82. The molecule has 0 radical (unpaired) electrons. The van der Waals surface area contributed by atoms with E-state index in [-0.39, 0.29) is 5.91 Å². The van der Waals surface area contributed by atoms with Crippen LogP contribution < -0.4 is 10.6 Å². The van der Waals surface area contributed by atoms with Crippen LogP contribution >= 0.6 is 0 Å². The number of aromatic nitrogens is 1. The second-order valence-corrected chi connectivity index (χ2v) is 8.82. The summed E-state index contributed by atoms with van der Waals surface area (Å²) in [5, 5.41) is 15.5. The molecule has 37 heavy (non-hydrogen) atoms. The zero-order chi connectivity index (χ0) is 25.6. The molecule has 2 heterocycles. The smallest absolute Gasteiger partial charge is 0.225 e. The highest BCUT2D eigenvalue weighted by Gasteiger charge is 2.14. The highest BCUT2D eigenvalue weighted by atomic mass is 16.1. The topological polar surface area (TPSA) is 155 Å². The number of nitrogens with zero attached hydrogens (tertiary/aromatic N) is 8. The molecule has 2 N–H and O–H groups in total. The molecular weight excluding hydrogens is 468 g/mol. The number of likely N-dealkylation sites (tertiary alicyclic amines) is 1. The summed E-state index contributed by atoms with van der Waals surface area (Å²) in [4.78, 5) is 25.1. The Kier molecular flexibility index (Phi) is 7.00. The molecule has 0 unspecified atom stereocenters. The van der Waals surface area contributed by atoms with Crippen LogP contribution in [0.2, 0.25) is 0 Å². The number of carbonyl (C=O) groups is 1. The van der Waals surface area contributed by atoms with Crippen molar-refractivity contribution in [2.75, 3.05) is 30.3 Å². The monoisotopic (exact) mass is 492 g/mol. The molecule has 1 aromatic heterocycles. The summed E-state index contributed by atoms with van der Waals surface area (Å²) < 4.78 is 0. The average molecular weight is 493 g/mol. The third kappa shape index (κ3) is 5.55. The Morgan fingerprint density at radius 2 is 1.43 bits per heavy atom. The van der Waals surface area contributed by atoms with Crippen molar-refractivity contribution in [3.63, 3.8) is 0 Å². The molecule has 5 rings (SSSR count). The first kappa shape index (κ1) is 23.9. The Balaban J connectivity index is 1.41. The maximum absolute atomic E-state index is 12.4. The van der Waals surface area contributed by atoms with Crippen molar-refractivity contribution in [2.24, 2.45) is 10.2 Å². The number of fused-ring (bicyclic) bond motifs is 2. The van der Waals surface area contributed by atoms with Crippen molar-refractivity contribution in [2.45, 2.75) is 19.3 Å². The van der Waals surface area contributed by atoms with Gasteiger partial charge in [-0.15, -0.1) is 0 Å². The quantitative estimate of drug-likeness (QED) is 0.113. The van der Waals surface area contributed by atoms with E-state index >= 15 is 0 Å². The summed E-state index contributed by atoms with van der Waals surface area (Å²) >= 11 is 0. The number of rotatable bonds is 8. The van der Waals surface area contributed by atoms with E-state index in [0.717, 1.165) is 47.5 Å².